The molecule has 1 aliphatic heterocycles. The van der Waals surface area contributed by atoms with Crippen LogP contribution in [0, 0.1) is 0 Å². The van der Waals surface area contributed by atoms with E-state index in [1.54, 1.807) is 12.1 Å². The summed E-state index contributed by atoms with van der Waals surface area (Å²) in [5.41, 5.74) is 3.96. The molecule has 148 valence electrons. The zero-order valence-electron chi connectivity index (χ0n) is 16.1. The number of aryl methyl sites for hydroxylation is 1. The molecular formula is C22H25NO3S2. The van der Waals surface area contributed by atoms with Crippen molar-refractivity contribution in [1.29, 1.82) is 0 Å². The molecule has 0 aromatic heterocycles. The normalized spacial score (nSPS) is 15.2. The standard InChI is InChI=1S/C22H25NO3S2/c1-3-16-4-6-17(7-5-16)15(2)23-20(24)14-26-21(25)18-8-10-19(11-9-18)22-27-12-13-28-22/h4-11,15,22H,3,12-14H2,1-2H3,(H,23,24). The molecule has 6 heteroatoms. The van der Waals surface area contributed by atoms with Crippen molar-refractivity contribution < 1.29 is 14.3 Å². The fourth-order valence-corrected chi connectivity index (χ4v) is 5.81. The van der Waals surface area contributed by atoms with Gasteiger partial charge in [-0.1, -0.05) is 43.3 Å². The lowest BCUT2D eigenvalue weighted by molar-refractivity contribution is -0.124. The molecule has 1 atom stereocenters. The van der Waals surface area contributed by atoms with Gasteiger partial charge >= 0.3 is 5.97 Å². The van der Waals surface area contributed by atoms with Gasteiger partial charge in [-0.2, -0.15) is 0 Å². The Morgan fingerprint density at radius 3 is 2.32 bits per heavy atom. The van der Waals surface area contributed by atoms with Gasteiger partial charge in [0.2, 0.25) is 0 Å². The first-order valence-electron chi connectivity index (χ1n) is 9.45. The zero-order chi connectivity index (χ0) is 19.9. The van der Waals surface area contributed by atoms with Crippen molar-refractivity contribution in [2.75, 3.05) is 18.1 Å². The molecule has 1 fully saturated rings. The number of hydrogen-bond donors (Lipinski definition) is 1. The smallest absolute Gasteiger partial charge is 0.338 e. The van der Waals surface area contributed by atoms with E-state index in [2.05, 4.69) is 24.4 Å². The summed E-state index contributed by atoms with van der Waals surface area (Å²) in [7, 11) is 0. The van der Waals surface area contributed by atoms with Gasteiger partial charge in [-0.25, -0.2) is 4.79 Å². The number of esters is 1. The molecular weight excluding hydrogens is 390 g/mol. The van der Waals surface area contributed by atoms with E-state index in [9.17, 15) is 9.59 Å². The van der Waals surface area contributed by atoms with Crippen molar-refractivity contribution in [3.05, 3.63) is 70.8 Å². The molecule has 1 N–H and O–H groups in total. The van der Waals surface area contributed by atoms with Gasteiger partial charge in [-0.05, 0) is 42.2 Å². The molecule has 28 heavy (non-hydrogen) atoms. The van der Waals surface area contributed by atoms with Crippen molar-refractivity contribution in [3.8, 4) is 0 Å². The molecule has 3 rings (SSSR count). The first kappa shape index (κ1) is 20.8. The maximum absolute atomic E-state index is 12.2. The van der Waals surface area contributed by atoms with Crippen LogP contribution in [0.4, 0.5) is 0 Å². The maximum Gasteiger partial charge on any atom is 0.338 e. The van der Waals surface area contributed by atoms with Gasteiger partial charge in [0, 0.05) is 11.5 Å². The second-order valence-corrected chi connectivity index (χ2v) is 9.38. The van der Waals surface area contributed by atoms with Gasteiger partial charge < -0.3 is 10.1 Å². The maximum atomic E-state index is 12.2. The Bertz CT molecular complexity index is 800. The number of thioether (sulfide) groups is 2. The molecule has 1 saturated heterocycles. The quantitative estimate of drug-likeness (QED) is 0.661. The lowest BCUT2D eigenvalue weighted by atomic mass is 10.1. The summed E-state index contributed by atoms with van der Waals surface area (Å²) >= 11 is 3.85. The first-order chi connectivity index (χ1) is 13.6. The minimum atomic E-state index is -0.478. The predicted octanol–water partition coefficient (Wildman–Crippen LogP) is 4.76. The van der Waals surface area contributed by atoms with Crippen LogP contribution in [-0.4, -0.2) is 30.0 Å². The number of benzene rings is 2. The molecule has 2 aromatic carbocycles. The summed E-state index contributed by atoms with van der Waals surface area (Å²) in [6.07, 6.45) is 0.982. The van der Waals surface area contributed by atoms with Crippen LogP contribution in [0.2, 0.25) is 0 Å². The van der Waals surface area contributed by atoms with E-state index in [1.165, 1.54) is 11.1 Å². The van der Waals surface area contributed by atoms with E-state index in [0.717, 1.165) is 23.5 Å². The number of rotatable bonds is 7. The third kappa shape index (κ3) is 5.55. The molecule has 1 unspecified atom stereocenters. The Balaban J connectivity index is 1.47. The van der Waals surface area contributed by atoms with Crippen LogP contribution < -0.4 is 5.32 Å². The van der Waals surface area contributed by atoms with Gasteiger partial charge in [-0.15, -0.1) is 23.5 Å². The third-order valence-corrected chi connectivity index (χ3v) is 7.74. The van der Waals surface area contributed by atoms with Crippen LogP contribution in [0.15, 0.2) is 48.5 Å². The molecule has 4 nitrogen and oxygen atoms in total. The van der Waals surface area contributed by atoms with Gasteiger partial charge in [0.05, 0.1) is 16.2 Å². The Labute approximate surface area is 174 Å². The molecule has 1 heterocycles. The average molecular weight is 416 g/mol. The van der Waals surface area contributed by atoms with E-state index < -0.39 is 5.97 Å². The summed E-state index contributed by atoms with van der Waals surface area (Å²) in [5, 5.41) is 2.87. The van der Waals surface area contributed by atoms with Gasteiger partial charge in [0.25, 0.3) is 5.91 Å². The summed E-state index contributed by atoms with van der Waals surface area (Å²) < 4.78 is 5.61. The summed E-state index contributed by atoms with van der Waals surface area (Å²) in [5.74, 6) is 1.54. The summed E-state index contributed by atoms with van der Waals surface area (Å²) in [6.45, 7) is 3.74. The van der Waals surface area contributed by atoms with Crippen LogP contribution in [0.1, 0.15) is 51.5 Å². The van der Waals surface area contributed by atoms with E-state index in [4.69, 9.17) is 4.74 Å². The van der Waals surface area contributed by atoms with Crippen LogP contribution in [0.3, 0.4) is 0 Å². The molecule has 1 amide bonds. The second kappa shape index (κ2) is 10.0. The predicted molar refractivity (Wildman–Crippen MR) is 117 cm³/mol. The van der Waals surface area contributed by atoms with Crippen LogP contribution in [0.5, 0.6) is 0 Å². The monoisotopic (exact) mass is 415 g/mol. The number of ether oxygens (including phenoxy) is 1. The third-order valence-electron chi connectivity index (χ3n) is 4.64. The highest BCUT2D eigenvalue weighted by Crippen LogP contribution is 2.45. The molecule has 0 saturated carbocycles. The Hall–Kier alpha value is -1.92. The summed E-state index contributed by atoms with van der Waals surface area (Å²) in [6, 6.07) is 15.5. The highest BCUT2D eigenvalue weighted by Gasteiger charge is 2.19. The van der Waals surface area contributed by atoms with Crippen molar-refractivity contribution >= 4 is 35.4 Å². The molecule has 0 radical (unpaired) electrons. The van der Waals surface area contributed by atoms with E-state index in [-0.39, 0.29) is 18.6 Å². The Morgan fingerprint density at radius 1 is 1.07 bits per heavy atom. The minimum Gasteiger partial charge on any atom is -0.452 e. The SMILES string of the molecule is CCc1ccc(C(C)NC(=O)COC(=O)c2ccc(C3SCCS3)cc2)cc1. The van der Waals surface area contributed by atoms with Crippen molar-refractivity contribution in [3.63, 3.8) is 0 Å². The van der Waals surface area contributed by atoms with Gasteiger partial charge in [0.1, 0.15) is 0 Å². The second-order valence-electron chi connectivity index (χ2n) is 6.66. The molecule has 0 bridgehead atoms. The van der Waals surface area contributed by atoms with E-state index >= 15 is 0 Å². The van der Waals surface area contributed by atoms with Crippen molar-refractivity contribution in [2.24, 2.45) is 0 Å². The lowest BCUT2D eigenvalue weighted by Crippen LogP contribution is -2.31. The summed E-state index contributed by atoms with van der Waals surface area (Å²) in [4.78, 5) is 24.3. The number of amides is 1. The van der Waals surface area contributed by atoms with Crippen molar-refractivity contribution in [2.45, 2.75) is 30.9 Å². The fourth-order valence-electron chi connectivity index (χ4n) is 2.95. The molecule has 0 aliphatic carbocycles. The highest BCUT2D eigenvalue weighted by atomic mass is 32.2. The highest BCUT2D eigenvalue weighted by molar-refractivity contribution is 8.19. The van der Waals surface area contributed by atoms with Crippen LogP contribution >= 0.6 is 23.5 Å². The number of carbonyl (C=O) groups is 2. The fraction of sp³-hybridized carbons (Fsp3) is 0.364. The molecule has 2 aromatic rings. The largest absolute Gasteiger partial charge is 0.452 e. The topological polar surface area (TPSA) is 55.4 Å². The Kier molecular flexibility index (Phi) is 7.45. The first-order valence-corrected chi connectivity index (χ1v) is 11.5. The lowest BCUT2D eigenvalue weighted by Gasteiger charge is -2.15. The van der Waals surface area contributed by atoms with Crippen LogP contribution in [-0.2, 0) is 16.0 Å². The number of hydrogen-bond acceptors (Lipinski definition) is 5. The Morgan fingerprint density at radius 2 is 1.71 bits per heavy atom. The average Bonchev–Trinajstić information content (AvgIpc) is 3.27. The van der Waals surface area contributed by atoms with Crippen LogP contribution in [0.25, 0.3) is 0 Å². The molecule has 0 spiro atoms. The van der Waals surface area contributed by atoms with E-state index in [0.29, 0.717) is 10.1 Å². The molecule has 1 aliphatic rings. The van der Waals surface area contributed by atoms with E-state index in [1.807, 2.05) is 54.7 Å². The van der Waals surface area contributed by atoms with Gasteiger partial charge in [-0.3, -0.25) is 4.79 Å². The number of nitrogens with one attached hydrogen (secondary N) is 1. The van der Waals surface area contributed by atoms with Gasteiger partial charge in [0.15, 0.2) is 6.61 Å². The van der Waals surface area contributed by atoms with Crippen molar-refractivity contribution in [1.82, 2.24) is 5.32 Å². The minimum absolute atomic E-state index is 0.141. The zero-order valence-corrected chi connectivity index (χ0v) is 17.8. The number of carbonyl (C=O) groups excluding carboxylic acids is 2.